The van der Waals surface area contributed by atoms with Crippen LogP contribution in [0.25, 0.3) is 11.1 Å². The van der Waals surface area contributed by atoms with Gasteiger partial charge in [-0.25, -0.2) is 0 Å². The van der Waals surface area contributed by atoms with E-state index in [9.17, 15) is 0 Å². The van der Waals surface area contributed by atoms with Crippen molar-refractivity contribution in [1.29, 1.82) is 5.26 Å². The summed E-state index contributed by atoms with van der Waals surface area (Å²) in [5, 5.41) is 21.2. The normalized spacial score (nSPS) is 15.2. The van der Waals surface area contributed by atoms with Gasteiger partial charge in [-0.3, -0.25) is 0 Å². The Hall–Kier alpha value is -2.60. The fourth-order valence-corrected chi connectivity index (χ4v) is 2.52. The number of nitrogens with zero attached hydrogens (tertiary/aromatic N) is 2. The monoisotopic (exact) mass is 248 g/mol. The third-order valence-electron chi connectivity index (χ3n) is 3.49. The third kappa shape index (κ3) is 1.98. The zero-order valence-electron chi connectivity index (χ0n) is 10.3. The summed E-state index contributed by atoms with van der Waals surface area (Å²) in [6.07, 6.45) is 1.69. The second-order valence-electron chi connectivity index (χ2n) is 4.61. The van der Waals surface area contributed by atoms with Gasteiger partial charge in [0.05, 0.1) is 17.3 Å². The summed E-state index contributed by atoms with van der Waals surface area (Å²) >= 11 is 0. The first-order valence-electron chi connectivity index (χ1n) is 6.16. The zero-order chi connectivity index (χ0) is 13.2. The SMILES string of the molecule is N#Cc1cccc(-c2ccc3c(c2)CC/C3=N\O)c1. The molecule has 0 heterocycles. The Morgan fingerprint density at radius 2 is 1.89 bits per heavy atom. The summed E-state index contributed by atoms with van der Waals surface area (Å²) in [5.41, 5.74) is 5.78. The predicted octanol–water partition coefficient (Wildman–Crippen LogP) is 3.35. The summed E-state index contributed by atoms with van der Waals surface area (Å²) in [4.78, 5) is 0. The van der Waals surface area contributed by atoms with Crippen molar-refractivity contribution in [2.45, 2.75) is 12.8 Å². The first-order chi connectivity index (χ1) is 9.31. The Bertz CT molecular complexity index is 711. The smallest absolute Gasteiger partial charge is 0.0991 e. The number of oxime groups is 1. The molecule has 3 heteroatoms. The molecule has 0 radical (unpaired) electrons. The fourth-order valence-electron chi connectivity index (χ4n) is 2.52. The Labute approximate surface area is 111 Å². The Morgan fingerprint density at radius 1 is 1.05 bits per heavy atom. The molecule has 1 aliphatic rings. The van der Waals surface area contributed by atoms with Gasteiger partial charge in [0.25, 0.3) is 0 Å². The van der Waals surface area contributed by atoms with Crippen LogP contribution in [0.3, 0.4) is 0 Å². The fraction of sp³-hybridized carbons (Fsp3) is 0.125. The van der Waals surface area contributed by atoms with Crippen molar-refractivity contribution < 1.29 is 5.21 Å². The predicted molar refractivity (Wildman–Crippen MR) is 73.2 cm³/mol. The molecule has 0 aliphatic heterocycles. The van der Waals surface area contributed by atoms with Crippen molar-refractivity contribution in [3.8, 4) is 17.2 Å². The molecule has 19 heavy (non-hydrogen) atoms. The summed E-state index contributed by atoms with van der Waals surface area (Å²) in [6.45, 7) is 0. The van der Waals surface area contributed by atoms with Crippen LogP contribution in [0.4, 0.5) is 0 Å². The highest BCUT2D eigenvalue weighted by molar-refractivity contribution is 6.04. The number of hydrogen-bond acceptors (Lipinski definition) is 3. The molecule has 3 nitrogen and oxygen atoms in total. The van der Waals surface area contributed by atoms with Crippen molar-refractivity contribution in [3.63, 3.8) is 0 Å². The molecule has 2 aromatic carbocycles. The number of nitriles is 1. The second-order valence-corrected chi connectivity index (χ2v) is 4.61. The molecule has 0 fully saturated rings. The molecule has 0 bridgehead atoms. The first kappa shape index (κ1) is 11.5. The van der Waals surface area contributed by atoms with Crippen LogP contribution >= 0.6 is 0 Å². The molecule has 1 aliphatic carbocycles. The van der Waals surface area contributed by atoms with E-state index in [1.54, 1.807) is 6.07 Å². The molecule has 92 valence electrons. The lowest BCUT2D eigenvalue weighted by Crippen LogP contribution is -1.93. The standard InChI is InChI=1S/C16H12N2O/c17-10-11-2-1-3-12(8-11)13-4-6-15-14(9-13)5-7-16(15)18-19/h1-4,6,8-9,19H,5,7H2/b18-16+. The van der Waals surface area contributed by atoms with Crippen LogP contribution < -0.4 is 0 Å². The van der Waals surface area contributed by atoms with E-state index >= 15 is 0 Å². The van der Waals surface area contributed by atoms with Crippen LogP contribution in [0.15, 0.2) is 47.6 Å². The molecule has 0 unspecified atom stereocenters. The number of hydrogen-bond donors (Lipinski definition) is 1. The summed E-state index contributed by atoms with van der Waals surface area (Å²) < 4.78 is 0. The third-order valence-corrected chi connectivity index (χ3v) is 3.49. The minimum absolute atomic E-state index is 0.663. The van der Waals surface area contributed by atoms with E-state index in [2.05, 4.69) is 17.3 Å². The number of rotatable bonds is 1. The van der Waals surface area contributed by atoms with E-state index in [4.69, 9.17) is 10.5 Å². The van der Waals surface area contributed by atoms with Crippen LogP contribution in [-0.4, -0.2) is 10.9 Å². The lowest BCUT2D eigenvalue weighted by molar-refractivity contribution is 0.318. The van der Waals surface area contributed by atoms with E-state index in [0.29, 0.717) is 5.56 Å². The molecule has 0 aromatic heterocycles. The molecular weight excluding hydrogens is 236 g/mol. The Morgan fingerprint density at radius 3 is 2.68 bits per heavy atom. The number of aryl methyl sites for hydroxylation is 1. The average molecular weight is 248 g/mol. The van der Waals surface area contributed by atoms with Gasteiger partial charge in [-0.15, -0.1) is 0 Å². The molecule has 0 saturated heterocycles. The lowest BCUT2D eigenvalue weighted by atomic mass is 9.99. The second kappa shape index (κ2) is 4.58. The van der Waals surface area contributed by atoms with E-state index in [-0.39, 0.29) is 0 Å². The van der Waals surface area contributed by atoms with Gasteiger partial charge in [-0.2, -0.15) is 5.26 Å². The molecule has 0 amide bonds. The van der Waals surface area contributed by atoms with Gasteiger partial charge < -0.3 is 5.21 Å². The molecule has 3 rings (SSSR count). The van der Waals surface area contributed by atoms with Crippen LogP contribution in [0.2, 0.25) is 0 Å². The molecule has 0 atom stereocenters. The van der Waals surface area contributed by atoms with Gasteiger partial charge in [0.15, 0.2) is 0 Å². The average Bonchev–Trinajstić information content (AvgIpc) is 2.89. The number of fused-ring (bicyclic) bond motifs is 1. The van der Waals surface area contributed by atoms with Crippen molar-refractivity contribution in [3.05, 3.63) is 59.2 Å². The Kier molecular flexibility index (Phi) is 2.77. The maximum atomic E-state index is 8.94. The molecular formula is C16H12N2O. The van der Waals surface area contributed by atoms with Crippen molar-refractivity contribution in [1.82, 2.24) is 0 Å². The summed E-state index contributed by atoms with van der Waals surface area (Å²) in [5.74, 6) is 0. The highest BCUT2D eigenvalue weighted by atomic mass is 16.4. The molecule has 1 N–H and O–H groups in total. The Balaban J connectivity index is 2.06. The molecule has 0 saturated carbocycles. The van der Waals surface area contributed by atoms with Gasteiger partial charge in [-0.05, 0) is 41.7 Å². The van der Waals surface area contributed by atoms with Crippen molar-refractivity contribution in [2.24, 2.45) is 5.16 Å². The topological polar surface area (TPSA) is 56.4 Å². The van der Waals surface area contributed by atoms with Gasteiger partial charge in [0.1, 0.15) is 0 Å². The lowest BCUT2D eigenvalue weighted by Gasteiger charge is -2.05. The maximum Gasteiger partial charge on any atom is 0.0991 e. The zero-order valence-corrected chi connectivity index (χ0v) is 10.3. The highest BCUT2D eigenvalue weighted by Crippen LogP contribution is 2.28. The van der Waals surface area contributed by atoms with Gasteiger partial charge >= 0.3 is 0 Å². The van der Waals surface area contributed by atoms with E-state index in [1.165, 1.54) is 5.56 Å². The van der Waals surface area contributed by atoms with Crippen LogP contribution in [0, 0.1) is 11.3 Å². The maximum absolute atomic E-state index is 8.94. The van der Waals surface area contributed by atoms with E-state index in [0.717, 1.165) is 35.2 Å². The largest absolute Gasteiger partial charge is 0.411 e. The molecule has 0 spiro atoms. The van der Waals surface area contributed by atoms with E-state index < -0.39 is 0 Å². The minimum atomic E-state index is 0.663. The van der Waals surface area contributed by atoms with Crippen molar-refractivity contribution >= 4 is 5.71 Å². The first-order valence-corrected chi connectivity index (χ1v) is 6.16. The van der Waals surface area contributed by atoms with E-state index in [1.807, 2.05) is 30.3 Å². The quantitative estimate of drug-likeness (QED) is 0.621. The van der Waals surface area contributed by atoms with Crippen molar-refractivity contribution in [2.75, 3.05) is 0 Å². The van der Waals surface area contributed by atoms with Crippen LogP contribution in [-0.2, 0) is 6.42 Å². The van der Waals surface area contributed by atoms with Crippen LogP contribution in [0.5, 0.6) is 0 Å². The highest BCUT2D eigenvalue weighted by Gasteiger charge is 2.18. The molecule has 2 aromatic rings. The van der Waals surface area contributed by atoms with Crippen LogP contribution in [0.1, 0.15) is 23.1 Å². The van der Waals surface area contributed by atoms with Gasteiger partial charge in [0, 0.05) is 5.56 Å². The van der Waals surface area contributed by atoms with Gasteiger partial charge in [-0.1, -0.05) is 35.5 Å². The summed E-state index contributed by atoms with van der Waals surface area (Å²) in [7, 11) is 0. The number of benzene rings is 2. The van der Waals surface area contributed by atoms with Gasteiger partial charge in [0.2, 0.25) is 0 Å². The minimum Gasteiger partial charge on any atom is -0.411 e. The summed E-state index contributed by atoms with van der Waals surface area (Å²) in [6, 6.07) is 15.8.